The smallest absolute Gasteiger partial charge is 0.284 e. The van der Waals surface area contributed by atoms with E-state index in [4.69, 9.17) is 4.42 Å². The van der Waals surface area contributed by atoms with Crippen LogP contribution in [0, 0.1) is 6.92 Å². The van der Waals surface area contributed by atoms with Crippen molar-refractivity contribution in [2.75, 3.05) is 5.32 Å². The highest BCUT2D eigenvalue weighted by Crippen LogP contribution is 2.21. The summed E-state index contributed by atoms with van der Waals surface area (Å²) in [6, 6.07) is 7.30. The molecule has 6 heteroatoms. The van der Waals surface area contributed by atoms with Crippen molar-refractivity contribution in [3.63, 3.8) is 0 Å². The van der Waals surface area contributed by atoms with E-state index in [-0.39, 0.29) is 5.75 Å². The second-order valence-corrected chi connectivity index (χ2v) is 4.91. The number of nitrogens with zero attached hydrogens (tertiary/aromatic N) is 1. The standard InChI is InChI=1S/C13H14F2N2OS/c1-9-12(3-2-6-16-9)17-7-10-4-5-11(18-10)8-19-13(14)15/h2-6,13,17H,7-8H2,1H3. The van der Waals surface area contributed by atoms with Gasteiger partial charge >= 0.3 is 0 Å². The van der Waals surface area contributed by atoms with Gasteiger partial charge in [0.05, 0.1) is 23.7 Å². The van der Waals surface area contributed by atoms with Crippen LogP contribution in [0.2, 0.25) is 0 Å². The van der Waals surface area contributed by atoms with Gasteiger partial charge in [-0.2, -0.15) is 8.78 Å². The Morgan fingerprint density at radius 1 is 1.32 bits per heavy atom. The molecule has 0 aliphatic carbocycles. The molecular formula is C13H14F2N2OS. The first kappa shape index (κ1) is 13.9. The molecule has 2 aromatic rings. The summed E-state index contributed by atoms with van der Waals surface area (Å²) in [5, 5.41) is 3.20. The molecule has 0 aromatic carbocycles. The molecule has 1 N–H and O–H groups in total. The predicted octanol–water partition coefficient (Wildman–Crippen LogP) is 4.05. The number of hydrogen-bond donors (Lipinski definition) is 1. The van der Waals surface area contributed by atoms with Gasteiger partial charge in [-0.05, 0) is 31.2 Å². The van der Waals surface area contributed by atoms with Crippen LogP contribution in [0.25, 0.3) is 0 Å². The normalized spacial score (nSPS) is 10.9. The fraction of sp³-hybridized carbons (Fsp3) is 0.308. The third-order valence-corrected chi connectivity index (χ3v) is 3.23. The third-order valence-electron chi connectivity index (χ3n) is 2.53. The highest BCUT2D eigenvalue weighted by Gasteiger charge is 2.07. The van der Waals surface area contributed by atoms with Crippen molar-refractivity contribution in [2.45, 2.75) is 25.0 Å². The van der Waals surface area contributed by atoms with E-state index in [2.05, 4.69) is 10.3 Å². The Bertz CT molecular complexity index is 531. The number of aryl methyl sites for hydroxylation is 1. The van der Waals surface area contributed by atoms with Crippen LogP contribution in [-0.2, 0) is 12.3 Å². The number of pyridine rings is 1. The number of rotatable bonds is 6. The van der Waals surface area contributed by atoms with Crippen LogP contribution in [-0.4, -0.2) is 10.7 Å². The number of aromatic nitrogens is 1. The van der Waals surface area contributed by atoms with Crippen LogP contribution in [0.1, 0.15) is 17.2 Å². The van der Waals surface area contributed by atoms with Gasteiger partial charge in [0.1, 0.15) is 11.5 Å². The molecule has 2 heterocycles. The van der Waals surface area contributed by atoms with Crippen molar-refractivity contribution in [3.05, 3.63) is 47.7 Å². The summed E-state index contributed by atoms with van der Waals surface area (Å²) >= 11 is 0.557. The summed E-state index contributed by atoms with van der Waals surface area (Å²) in [5.74, 6) is -0.910. The Morgan fingerprint density at radius 2 is 2.11 bits per heavy atom. The monoisotopic (exact) mass is 284 g/mol. The summed E-state index contributed by atoms with van der Waals surface area (Å²) in [6.07, 6.45) is 1.73. The van der Waals surface area contributed by atoms with E-state index in [1.54, 1.807) is 18.3 Å². The molecule has 2 aromatic heterocycles. The lowest BCUT2D eigenvalue weighted by molar-refractivity contribution is 0.251. The molecule has 0 fully saturated rings. The van der Waals surface area contributed by atoms with Gasteiger partial charge < -0.3 is 9.73 Å². The lowest BCUT2D eigenvalue weighted by Crippen LogP contribution is -2.00. The quantitative estimate of drug-likeness (QED) is 0.868. The fourth-order valence-corrected chi connectivity index (χ4v) is 2.04. The zero-order chi connectivity index (χ0) is 13.7. The molecule has 2 rings (SSSR count). The molecule has 19 heavy (non-hydrogen) atoms. The molecule has 0 spiro atoms. The topological polar surface area (TPSA) is 38.1 Å². The maximum atomic E-state index is 12.0. The van der Waals surface area contributed by atoms with Crippen LogP contribution >= 0.6 is 11.8 Å². The first-order valence-electron chi connectivity index (χ1n) is 5.78. The molecular weight excluding hydrogens is 270 g/mol. The first-order chi connectivity index (χ1) is 9.15. The zero-order valence-electron chi connectivity index (χ0n) is 10.4. The Labute approximate surface area is 114 Å². The van der Waals surface area contributed by atoms with E-state index in [1.807, 2.05) is 19.1 Å². The van der Waals surface area contributed by atoms with Gasteiger partial charge in [0.2, 0.25) is 0 Å². The Kier molecular flexibility index (Phi) is 4.79. The highest BCUT2D eigenvalue weighted by molar-refractivity contribution is 7.98. The van der Waals surface area contributed by atoms with E-state index < -0.39 is 5.76 Å². The van der Waals surface area contributed by atoms with Crippen molar-refractivity contribution in [1.29, 1.82) is 0 Å². The average molecular weight is 284 g/mol. The summed E-state index contributed by atoms with van der Waals surface area (Å²) in [7, 11) is 0. The zero-order valence-corrected chi connectivity index (χ0v) is 11.2. The number of furan rings is 1. The minimum absolute atomic E-state index is 0.184. The van der Waals surface area contributed by atoms with Crippen molar-refractivity contribution >= 4 is 17.4 Å². The van der Waals surface area contributed by atoms with Crippen LogP contribution in [0.4, 0.5) is 14.5 Å². The SMILES string of the molecule is Cc1ncccc1NCc1ccc(CSC(F)F)o1. The van der Waals surface area contributed by atoms with E-state index in [9.17, 15) is 8.78 Å². The Balaban J connectivity index is 1.88. The molecule has 102 valence electrons. The van der Waals surface area contributed by atoms with Crippen molar-refractivity contribution in [2.24, 2.45) is 0 Å². The van der Waals surface area contributed by atoms with Crippen LogP contribution in [0.5, 0.6) is 0 Å². The number of nitrogens with one attached hydrogen (secondary N) is 1. The summed E-state index contributed by atoms with van der Waals surface area (Å²) < 4.78 is 29.5. The maximum absolute atomic E-state index is 12.0. The third kappa shape index (κ3) is 4.24. The molecule has 0 aliphatic rings. The van der Waals surface area contributed by atoms with Crippen LogP contribution in [0.3, 0.4) is 0 Å². The van der Waals surface area contributed by atoms with Gasteiger partial charge in [0.15, 0.2) is 0 Å². The van der Waals surface area contributed by atoms with Gasteiger partial charge in [-0.3, -0.25) is 4.98 Å². The highest BCUT2D eigenvalue weighted by atomic mass is 32.2. The van der Waals surface area contributed by atoms with Gasteiger partial charge in [-0.1, -0.05) is 11.8 Å². The fourth-order valence-electron chi connectivity index (χ4n) is 1.59. The molecule has 0 bridgehead atoms. The van der Waals surface area contributed by atoms with Gasteiger partial charge in [0, 0.05) is 6.20 Å². The van der Waals surface area contributed by atoms with Crippen molar-refractivity contribution in [3.8, 4) is 0 Å². The summed E-state index contributed by atoms with van der Waals surface area (Å²) in [4.78, 5) is 4.17. The molecule has 3 nitrogen and oxygen atoms in total. The number of halogens is 2. The molecule has 0 aliphatic heterocycles. The summed E-state index contributed by atoms with van der Waals surface area (Å²) in [5.41, 5.74) is 1.84. The predicted molar refractivity (Wildman–Crippen MR) is 72.3 cm³/mol. The minimum Gasteiger partial charge on any atom is -0.463 e. The number of thioether (sulfide) groups is 1. The molecule has 0 amide bonds. The maximum Gasteiger partial charge on any atom is 0.284 e. The van der Waals surface area contributed by atoms with Crippen LogP contribution < -0.4 is 5.32 Å². The van der Waals surface area contributed by atoms with E-state index in [0.29, 0.717) is 29.8 Å². The summed E-state index contributed by atoms with van der Waals surface area (Å²) in [6.45, 7) is 2.42. The second kappa shape index (κ2) is 6.56. The number of alkyl halides is 2. The average Bonchev–Trinajstić information content (AvgIpc) is 2.83. The molecule has 0 saturated carbocycles. The van der Waals surface area contributed by atoms with E-state index in [0.717, 1.165) is 11.4 Å². The molecule has 0 unspecified atom stereocenters. The van der Waals surface area contributed by atoms with Crippen molar-refractivity contribution < 1.29 is 13.2 Å². The molecule has 0 radical (unpaired) electrons. The number of hydrogen-bond acceptors (Lipinski definition) is 4. The second-order valence-electron chi connectivity index (χ2n) is 3.93. The van der Waals surface area contributed by atoms with Gasteiger partial charge in [-0.15, -0.1) is 0 Å². The van der Waals surface area contributed by atoms with Gasteiger partial charge in [-0.25, -0.2) is 0 Å². The Morgan fingerprint density at radius 3 is 2.84 bits per heavy atom. The number of anilines is 1. The van der Waals surface area contributed by atoms with E-state index in [1.165, 1.54) is 0 Å². The largest absolute Gasteiger partial charge is 0.463 e. The van der Waals surface area contributed by atoms with E-state index >= 15 is 0 Å². The first-order valence-corrected chi connectivity index (χ1v) is 6.83. The molecule has 0 atom stereocenters. The van der Waals surface area contributed by atoms with Crippen molar-refractivity contribution in [1.82, 2.24) is 4.98 Å². The minimum atomic E-state index is -2.37. The van der Waals surface area contributed by atoms with Gasteiger partial charge in [0.25, 0.3) is 5.76 Å². The molecule has 0 saturated heterocycles. The Hall–Kier alpha value is -1.56. The van der Waals surface area contributed by atoms with Crippen LogP contribution in [0.15, 0.2) is 34.9 Å². The lowest BCUT2D eigenvalue weighted by atomic mass is 10.3. The lowest BCUT2D eigenvalue weighted by Gasteiger charge is -2.06.